The molecule has 0 spiro atoms. The molecule has 3 aromatic rings. The van der Waals surface area contributed by atoms with Gasteiger partial charge in [0.1, 0.15) is 5.02 Å². The number of carbonyl (C=O) groups excluding carboxylic acids is 1. The summed E-state index contributed by atoms with van der Waals surface area (Å²) in [7, 11) is 1.35. The summed E-state index contributed by atoms with van der Waals surface area (Å²) in [6.07, 6.45) is -1.54. The monoisotopic (exact) mass is 437 g/mol. The molecule has 0 bridgehead atoms. The number of halogens is 4. The number of nitrogens with two attached hydrogens (primary N) is 1. The first-order valence-electron chi connectivity index (χ1n) is 8.34. The maximum atomic E-state index is 13.9. The number of ether oxygens (including phenoxy) is 1. The zero-order valence-corrected chi connectivity index (χ0v) is 16.3. The van der Waals surface area contributed by atoms with E-state index in [1.165, 1.54) is 43.6 Å². The Hall–Kier alpha value is -3.53. The summed E-state index contributed by atoms with van der Waals surface area (Å²) in [6, 6.07) is 5.69. The number of nitrogen functional groups attached to an aromatic ring is 1. The van der Waals surface area contributed by atoms with Crippen LogP contribution in [0.5, 0.6) is 5.88 Å². The van der Waals surface area contributed by atoms with Crippen LogP contribution in [-0.2, 0) is 6.18 Å². The highest BCUT2D eigenvalue weighted by Gasteiger charge is 2.41. The van der Waals surface area contributed by atoms with E-state index in [2.05, 4.69) is 22.0 Å². The Morgan fingerprint density at radius 3 is 2.70 bits per heavy atom. The number of rotatable bonds is 5. The molecule has 1 amide bonds. The Morgan fingerprint density at radius 1 is 1.37 bits per heavy atom. The van der Waals surface area contributed by atoms with Crippen LogP contribution in [0.2, 0.25) is 5.02 Å². The lowest BCUT2D eigenvalue weighted by molar-refractivity contribution is -0.143. The third kappa shape index (κ3) is 3.94. The van der Waals surface area contributed by atoms with Crippen LogP contribution >= 0.6 is 11.6 Å². The summed E-state index contributed by atoms with van der Waals surface area (Å²) in [5.74, 6) is -0.933. The fourth-order valence-corrected chi connectivity index (χ4v) is 3.03. The van der Waals surface area contributed by atoms with Gasteiger partial charge in [-0.25, -0.2) is 9.67 Å². The lowest BCUT2D eigenvalue weighted by atomic mass is 10.1. The van der Waals surface area contributed by atoms with Gasteiger partial charge in [-0.15, -0.1) is 0 Å². The van der Waals surface area contributed by atoms with Gasteiger partial charge in [0.25, 0.3) is 5.91 Å². The van der Waals surface area contributed by atoms with Crippen LogP contribution in [0.1, 0.15) is 21.6 Å². The molecule has 0 fully saturated rings. The molecule has 0 aliphatic heterocycles. The average Bonchev–Trinajstić information content (AvgIpc) is 3.13. The molecular weight excluding hydrogens is 423 g/mol. The summed E-state index contributed by atoms with van der Waals surface area (Å²) in [5, 5.41) is 6.19. The summed E-state index contributed by atoms with van der Waals surface area (Å²) in [5.41, 5.74) is 4.47. The minimum atomic E-state index is -4.89. The van der Waals surface area contributed by atoms with Gasteiger partial charge in [0, 0.05) is 11.3 Å². The number of nitrogens with zero attached hydrogens (tertiary/aromatic N) is 3. The molecule has 0 atom stereocenters. The first-order valence-corrected chi connectivity index (χ1v) is 8.72. The number of aromatic nitrogens is 3. The van der Waals surface area contributed by atoms with Gasteiger partial charge in [-0.3, -0.25) is 4.79 Å². The van der Waals surface area contributed by atoms with Crippen molar-refractivity contribution in [2.24, 2.45) is 0 Å². The Kier molecular flexibility index (Phi) is 5.70. The van der Waals surface area contributed by atoms with Crippen molar-refractivity contribution in [3.63, 3.8) is 0 Å². The Balaban J connectivity index is 2.07. The van der Waals surface area contributed by atoms with E-state index in [1.54, 1.807) is 0 Å². The molecule has 30 heavy (non-hydrogen) atoms. The predicted octanol–water partition coefficient (Wildman–Crippen LogP) is 4.43. The Morgan fingerprint density at radius 2 is 2.10 bits per heavy atom. The summed E-state index contributed by atoms with van der Waals surface area (Å²) in [6.45, 7) is 3.58. The van der Waals surface area contributed by atoms with Crippen molar-refractivity contribution in [3.8, 4) is 11.6 Å². The SMILES string of the molecule is C=Cc1c(N)cccc1-n1ncc(C(=O)Nc2cnc(OC)c(Cl)c2)c1C(F)(F)F. The van der Waals surface area contributed by atoms with Crippen molar-refractivity contribution in [1.82, 2.24) is 14.8 Å². The van der Waals surface area contributed by atoms with E-state index in [0.717, 1.165) is 6.20 Å². The van der Waals surface area contributed by atoms with Crippen molar-refractivity contribution < 1.29 is 22.7 Å². The number of benzene rings is 1. The second-order valence-electron chi connectivity index (χ2n) is 5.97. The van der Waals surface area contributed by atoms with Gasteiger partial charge in [0.05, 0.1) is 36.4 Å². The standard InChI is InChI=1S/C19H15ClF3N5O2/c1-3-11-14(24)5-4-6-15(11)28-16(19(21,22)23)12(9-26-28)17(29)27-10-7-13(20)18(30-2)25-8-10/h3-9H,1,24H2,2H3,(H,27,29). The van der Waals surface area contributed by atoms with Crippen molar-refractivity contribution in [2.75, 3.05) is 18.2 Å². The minimum absolute atomic E-state index is 0.0329. The van der Waals surface area contributed by atoms with Gasteiger partial charge in [0.15, 0.2) is 5.69 Å². The summed E-state index contributed by atoms with van der Waals surface area (Å²) < 4.78 is 47.1. The third-order valence-corrected chi connectivity index (χ3v) is 4.36. The molecule has 3 N–H and O–H groups in total. The molecule has 156 valence electrons. The van der Waals surface area contributed by atoms with Crippen molar-refractivity contribution in [1.29, 1.82) is 0 Å². The van der Waals surface area contributed by atoms with Crippen LogP contribution in [0.3, 0.4) is 0 Å². The number of anilines is 2. The normalized spacial score (nSPS) is 11.2. The molecule has 1 aromatic carbocycles. The van der Waals surface area contributed by atoms with Crippen LogP contribution in [0.4, 0.5) is 24.5 Å². The third-order valence-electron chi connectivity index (χ3n) is 4.09. The molecular formula is C19H15ClF3N5O2. The van der Waals surface area contributed by atoms with Crippen molar-refractivity contribution in [2.45, 2.75) is 6.18 Å². The van der Waals surface area contributed by atoms with Crippen LogP contribution < -0.4 is 15.8 Å². The zero-order valence-electron chi connectivity index (χ0n) is 15.5. The number of hydrogen-bond acceptors (Lipinski definition) is 5. The zero-order chi connectivity index (χ0) is 22.1. The minimum Gasteiger partial charge on any atom is -0.480 e. The fraction of sp³-hybridized carbons (Fsp3) is 0.105. The van der Waals surface area contributed by atoms with Crippen LogP contribution in [-0.4, -0.2) is 27.8 Å². The van der Waals surface area contributed by atoms with Crippen molar-refractivity contribution >= 4 is 35.0 Å². The largest absolute Gasteiger partial charge is 0.480 e. The van der Waals surface area contributed by atoms with Crippen LogP contribution in [0.25, 0.3) is 11.8 Å². The number of pyridine rings is 1. The van der Waals surface area contributed by atoms with Gasteiger partial charge in [0.2, 0.25) is 5.88 Å². The lowest BCUT2D eigenvalue weighted by Gasteiger charge is -2.15. The molecule has 2 heterocycles. The maximum absolute atomic E-state index is 13.9. The van der Waals surface area contributed by atoms with E-state index in [4.69, 9.17) is 22.1 Å². The Labute approximate surface area is 173 Å². The molecule has 0 saturated heterocycles. The average molecular weight is 438 g/mol. The van der Waals surface area contributed by atoms with Crippen LogP contribution in [0.15, 0.2) is 43.2 Å². The number of methoxy groups -OCH3 is 1. The van der Waals surface area contributed by atoms with Gasteiger partial charge in [-0.05, 0) is 18.2 Å². The lowest BCUT2D eigenvalue weighted by Crippen LogP contribution is -2.21. The maximum Gasteiger partial charge on any atom is 0.434 e. The predicted molar refractivity (Wildman–Crippen MR) is 107 cm³/mol. The van der Waals surface area contributed by atoms with Gasteiger partial charge in [-0.2, -0.15) is 18.3 Å². The van der Waals surface area contributed by atoms with E-state index < -0.39 is 23.3 Å². The van der Waals surface area contributed by atoms with Crippen LogP contribution in [0, 0.1) is 0 Å². The van der Waals surface area contributed by atoms with Gasteiger partial charge in [-0.1, -0.05) is 30.3 Å². The number of alkyl halides is 3. The molecule has 3 rings (SSSR count). The first kappa shape index (κ1) is 21.2. The summed E-state index contributed by atoms with van der Waals surface area (Å²) in [4.78, 5) is 16.5. The van der Waals surface area contributed by atoms with E-state index in [-0.39, 0.29) is 33.5 Å². The van der Waals surface area contributed by atoms with Gasteiger partial charge >= 0.3 is 6.18 Å². The first-order chi connectivity index (χ1) is 14.2. The highest BCUT2D eigenvalue weighted by Crippen LogP contribution is 2.35. The molecule has 7 nitrogen and oxygen atoms in total. The number of hydrogen-bond donors (Lipinski definition) is 2. The van der Waals surface area contributed by atoms with E-state index in [9.17, 15) is 18.0 Å². The fourth-order valence-electron chi connectivity index (χ4n) is 2.79. The van der Waals surface area contributed by atoms with Gasteiger partial charge < -0.3 is 15.8 Å². The molecule has 2 aromatic heterocycles. The topological polar surface area (TPSA) is 95.1 Å². The highest BCUT2D eigenvalue weighted by molar-refractivity contribution is 6.32. The highest BCUT2D eigenvalue weighted by atomic mass is 35.5. The van der Waals surface area contributed by atoms with Crippen molar-refractivity contribution in [3.05, 3.63) is 65.1 Å². The van der Waals surface area contributed by atoms with E-state index >= 15 is 0 Å². The molecule has 0 radical (unpaired) electrons. The summed E-state index contributed by atoms with van der Waals surface area (Å²) >= 11 is 5.94. The molecule has 0 unspecified atom stereocenters. The van der Waals surface area contributed by atoms with E-state index in [1.807, 2.05) is 0 Å². The second-order valence-corrected chi connectivity index (χ2v) is 6.38. The second kappa shape index (κ2) is 8.07. The molecule has 11 heteroatoms. The smallest absolute Gasteiger partial charge is 0.434 e. The number of nitrogens with one attached hydrogen (secondary N) is 1. The number of carbonyl (C=O) groups is 1. The molecule has 0 saturated carbocycles. The molecule has 0 aliphatic carbocycles. The quantitative estimate of drug-likeness (QED) is 0.576. The number of amides is 1. The van der Waals surface area contributed by atoms with E-state index in [0.29, 0.717) is 4.68 Å². The molecule has 0 aliphatic rings. The Bertz CT molecular complexity index is 1130.